The van der Waals surface area contributed by atoms with Crippen LogP contribution in [-0.4, -0.2) is 20.1 Å². The van der Waals surface area contributed by atoms with Crippen LogP contribution in [0.5, 0.6) is 0 Å². The molecule has 0 radical (unpaired) electrons. The van der Waals surface area contributed by atoms with E-state index in [0.717, 1.165) is 42.6 Å². The van der Waals surface area contributed by atoms with Gasteiger partial charge in [0.2, 0.25) is 0 Å². The third-order valence-electron chi connectivity index (χ3n) is 6.78. The summed E-state index contributed by atoms with van der Waals surface area (Å²) < 4.78 is 0. The number of pyridine rings is 2. The number of nitrogens with zero attached hydrogens (tertiary/aromatic N) is 5. The summed E-state index contributed by atoms with van der Waals surface area (Å²) in [6, 6.07) is 38.7. The third kappa shape index (κ3) is 6.67. The molecule has 4 aliphatic rings. The summed E-state index contributed by atoms with van der Waals surface area (Å²) in [6.45, 7) is 0. The van der Waals surface area contributed by atoms with Crippen molar-refractivity contribution in [3.63, 3.8) is 0 Å². The number of benzene rings is 3. The number of aromatic nitrogens is 5. The first-order chi connectivity index (χ1) is 19.3. The van der Waals surface area contributed by atoms with Crippen molar-refractivity contribution in [3.05, 3.63) is 144 Å². The average molecular weight is 701 g/mol. The molecule has 0 amide bonds. The van der Waals surface area contributed by atoms with Gasteiger partial charge in [-0.3, -0.25) is 10.1 Å². The standard InChI is InChI=1S/C21H18N.C13H9N4.Pt/c1-2-14-22-21(3-1)20-15-18-9-8-16-4-6-17(7-5-16)10-12-19(20)13-11-18;1-2-6-10(7-3-1)12-15-13(17-16-12)11-8-4-5-9-14-11;/h1-7,11,13-14H,8-10,12H2;1-9H;/q2*-1;+2. The Morgan fingerprint density at radius 2 is 1.25 bits per heavy atom. The van der Waals surface area contributed by atoms with Gasteiger partial charge in [0, 0.05) is 12.4 Å². The van der Waals surface area contributed by atoms with Gasteiger partial charge in [-0.1, -0.05) is 79.2 Å². The summed E-state index contributed by atoms with van der Waals surface area (Å²) in [4.78, 5) is 13.1. The zero-order valence-electron chi connectivity index (χ0n) is 21.9. The molecule has 3 aromatic heterocycles. The molecule has 40 heavy (non-hydrogen) atoms. The summed E-state index contributed by atoms with van der Waals surface area (Å²) in [5.74, 6) is 1.19. The Bertz CT molecular complexity index is 1580. The van der Waals surface area contributed by atoms with Crippen LogP contribution in [-0.2, 0) is 46.7 Å². The van der Waals surface area contributed by atoms with Crippen LogP contribution in [0.15, 0.2) is 116 Å². The van der Waals surface area contributed by atoms with Gasteiger partial charge in [-0.15, -0.1) is 34.9 Å². The molecular formula is C34H27N5Pt. The summed E-state index contributed by atoms with van der Waals surface area (Å²) in [5, 5.41) is 8.10. The van der Waals surface area contributed by atoms with E-state index in [1.165, 1.54) is 27.8 Å². The van der Waals surface area contributed by atoms with Crippen molar-refractivity contribution in [2.75, 3.05) is 0 Å². The van der Waals surface area contributed by atoms with Crippen molar-refractivity contribution in [2.24, 2.45) is 0 Å². The molecule has 3 aromatic carbocycles. The van der Waals surface area contributed by atoms with Gasteiger partial charge < -0.3 is 15.1 Å². The van der Waals surface area contributed by atoms with Gasteiger partial charge in [-0.05, 0) is 65.7 Å². The summed E-state index contributed by atoms with van der Waals surface area (Å²) in [7, 11) is 0. The number of aryl methyl sites for hydroxylation is 4. The van der Waals surface area contributed by atoms with Crippen LogP contribution in [0.1, 0.15) is 22.3 Å². The van der Waals surface area contributed by atoms with E-state index >= 15 is 0 Å². The fourth-order valence-electron chi connectivity index (χ4n) is 4.64. The predicted molar refractivity (Wildman–Crippen MR) is 154 cm³/mol. The molecule has 0 N–H and O–H groups in total. The van der Waals surface area contributed by atoms with Crippen molar-refractivity contribution in [3.8, 4) is 34.2 Å². The van der Waals surface area contributed by atoms with E-state index in [1.807, 2.05) is 66.9 Å². The molecule has 0 aliphatic heterocycles. The van der Waals surface area contributed by atoms with E-state index in [1.54, 1.807) is 6.20 Å². The molecule has 3 heterocycles. The van der Waals surface area contributed by atoms with Crippen molar-refractivity contribution in [1.29, 1.82) is 0 Å². The maximum Gasteiger partial charge on any atom is 2.00 e. The molecule has 0 saturated heterocycles. The Hall–Kier alpha value is -4.21. The molecule has 5 nitrogen and oxygen atoms in total. The molecule has 6 aromatic rings. The van der Waals surface area contributed by atoms with Crippen LogP contribution in [0, 0.1) is 6.07 Å². The Morgan fingerprint density at radius 1 is 0.600 bits per heavy atom. The van der Waals surface area contributed by atoms with Crippen LogP contribution < -0.4 is 5.10 Å². The van der Waals surface area contributed by atoms with Gasteiger partial charge in [-0.2, -0.15) is 0 Å². The van der Waals surface area contributed by atoms with E-state index < -0.39 is 0 Å². The number of hydrogen-bond donors (Lipinski definition) is 0. The van der Waals surface area contributed by atoms with Gasteiger partial charge in [-0.25, -0.2) is 0 Å². The normalized spacial score (nSPS) is 11.9. The SMILES string of the molecule is [Pt+2].[c-]1c2ccc(c1-c1ccccn1)CCc1ccc(cc1)CC2.c1ccc(-c2n[n-]c(-c3ccccn3)n2)cc1. The van der Waals surface area contributed by atoms with E-state index in [2.05, 4.69) is 73.7 Å². The van der Waals surface area contributed by atoms with Gasteiger partial charge in [0.25, 0.3) is 0 Å². The minimum Gasteiger partial charge on any atom is -0.417 e. The molecule has 0 fully saturated rings. The fourth-order valence-corrected chi connectivity index (χ4v) is 4.64. The van der Waals surface area contributed by atoms with Crippen molar-refractivity contribution in [2.45, 2.75) is 25.7 Å². The quantitative estimate of drug-likeness (QED) is 0.195. The molecular weight excluding hydrogens is 673 g/mol. The average Bonchev–Trinajstić information content (AvgIpc) is 3.51. The largest absolute Gasteiger partial charge is 2.00 e. The second-order valence-corrected chi connectivity index (χ2v) is 9.46. The van der Waals surface area contributed by atoms with Crippen molar-refractivity contribution >= 4 is 0 Å². The van der Waals surface area contributed by atoms with E-state index in [9.17, 15) is 0 Å². The maximum atomic E-state index is 4.53. The van der Waals surface area contributed by atoms with Crippen LogP contribution in [0.25, 0.3) is 34.2 Å². The van der Waals surface area contributed by atoms with E-state index in [-0.39, 0.29) is 21.1 Å². The Morgan fingerprint density at radius 3 is 1.93 bits per heavy atom. The second-order valence-electron chi connectivity index (χ2n) is 9.46. The first-order valence-electron chi connectivity index (χ1n) is 13.2. The van der Waals surface area contributed by atoms with Crippen LogP contribution in [0.2, 0.25) is 0 Å². The maximum absolute atomic E-state index is 4.53. The molecule has 6 heteroatoms. The van der Waals surface area contributed by atoms with Crippen LogP contribution in [0.4, 0.5) is 0 Å². The Balaban J connectivity index is 0.000000162. The Labute approximate surface area is 249 Å². The molecule has 4 aliphatic carbocycles. The van der Waals surface area contributed by atoms with Gasteiger partial charge in [0.1, 0.15) is 0 Å². The first kappa shape index (κ1) is 27.4. The van der Waals surface area contributed by atoms with Gasteiger partial charge in [0.05, 0.1) is 11.5 Å². The molecule has 198 valence electrons. The van der Waals surface area contributed by atoms with Gasteiger partial charge in [0.15, 0.2) is 0 Å². The molecule has 4 bridgehead atoms. The molecule has 0 saturated carbocycles. The number of hydrogen-bond acceptors (Lipinski definition) is 4. The smallest absolute Gasteiger partial charge is 0.417 e. The zero-order chi connectivity index (χ0) is 26.3. The molecule has 0 spiro atoms. The molecule has 10 rings (SSSR count). The monoisotopic (exact) mass is 700 g/mol. The fraction of sp³-hybridized carbons (Fsp3) is 0.118. The number of rotatable bonds is 3. The summed E-state index contributed by atoms with van der Waals surface area (Å²) in [6.07, 6.45) is 7.77. The third-order valence-corrected chi connectivity index (χ3v) is 6.78. The first-order valence-corrected chi connectivity index (χ1v) is 13.2. The predicted octanol–water partition coefficient (Wildman–Crippen LogP) is 6.59. The summed E-state index contributed by atoms with van der Waals surface area (Å²) >= 11 is 0. The zero-order valence-corrected chi connectivity index (χ0v) is 24.1. The van der Waals surface area contributed by atoms with Crippen molar-refractivity contribution in [1.82, 2.24) is 25.1 Å². The van der Waals surface area contributed by atoms with Gasteiger partial charge >= 0.3 is 21.1 Å². The minimum atomic E-state index is 0. The molecule has 0 atom stereocenters. The summed E-state index contributed by atoms with van der Waals surface area (Å²) in [5.41, 5.74) is 9.32. The van der Waals surface area contributed by atoms with Crippen LogP contribution in [0.3, 0.4) is 0 Å². The van der Waals surface area contributed by atoms with E-state index in [4.69, 9.17) is 0 Å². The minimum absolute atomic E-state index is 0. The Kier molecular flexibility index (Phi) is 9.05. The second kappa shape index (κ2) is 13.2. The van der Waals surface area contributed by atoms with Crippen molar-refractivity contribution < 1.29 is 21.1 Å². The van der Waals surface area contributed by atoms with Crippen LogP contribution >= 0.6 is 0 Å². The van der Waals surface area contributed by atoms with E-state index in [0.29, 0.717) is 11.6 Å². The molecule has 0 unspecified atom stereocenters. The topological polar surface area (TPSA) is 65.7 Å².